The van der Waals surface area contributed by atoms with Crippen molar-refractivity contribution in [3.05, 3.63) is 46.2 Å². The van der Waals surface area contributed by atoms with Crippen LogP contribution in [-0.4, -0.2) is 16.9 Å². The van der Waals surface area contributed by atoms with Gasteiger partial charge in [-0.1, -0.05) is 17.7 Å². The first-order valence-corrected chi connectivity index (χ1v) is 7.94. The standard InChI is InChI=1S/C18H17ClF3NO2/c1-9(2)25-17-13(11(4)24)7-14(19)10(3)16(17)12-5-6-15(23-8-12)18(20,21)22/h5-9H,1-4H3. The van der Waals surface area contributed by atoms with Gasteiger partial charge in [0, 0.05) is 22.3 Å². The van der Waals surface area contributed by atoms with Crippen LogP contribution >= 0.6 is 11.6 Å². The highest BCUT2D eigenvalue weighted by Crippen LogP contribution is 2.41. The van der Waals surface area contributed by atoms with Crippen molar-refractivity contribution in [3.63, 3.8) is 0 Å². The summed E-state index contributed by atoms with van der Waals surface area (Å²) >= 11 is 6.22. The highest BCUT2D eigenvalue weighted by atomic mass is 35.5. The van der Waals surface area contributed by atoms with Crippen LogP contribution in [0.4, 0.5) is 13.2 Å². The Balaban J connectivity index is 2.72. The van der Waals surface area contributed by atoms with E-state index in [2.05, 4.69) is 4.98 Å². The second-order valence-electron chi connectivity index (χ2n) is 5.89. The highest BCUT2D eigenvalue weighted by Gasteiger charge is 2.32. The molecule has 0 aliphatic rings. The smallest absolute Gasteiger partial charge is 0.433 e. The van der Waals surface area contributed by atoms with Gasteiger partial charge in [-0.2, -0.15) is 13.2 Å². The Hall–Kier alpha value is -2.08. The van der Waals surface area contributed by atoms with Gasteiger partial charge in [0.1, 0.15) is 11.4 Å². The molecule has 134 valence electrons. The van der Waals surface area contributed by atoms with Crippen molar-refractivity contribution >= 4 is 17.4 Å². The molecule has 0 unspecified atom stereocenters. The summed E-state index contributed by atoms with van der Waals surface area (Å²) in [5.41, 5.74) is 0.746. The molecule has 7 heteroatoms. The van der Waals surface area contributed by atoms with Crippen molar-refractivity contribution in [2.75, 3.05) is 0 Å². The molecule has 0 saturated heterocycles. The van der Waals surface area contributed by atoms with Crippen LogP contribution in [0.1, 0.15) is 42.4 Å². The first kappa shape index (κ1) is 19.2. The third kappa shape index (κ3) is 4.12. The molecule has 2 aromatic rings. The van der Waals surface area contributed by atoms with Crippen LogP contribution in [-0.2, 0) is 6.18 Å². The number of pyridine rings is 1. The van der Waals surface area contributed by atoms with Crippen molar-refractivity contribution in [1.29, 1.82) is 0 Å². The molecule has 0 fully saturated rings. The molecule has 0 aliphatic carbocycles. The molecular formula is C18H17ClF3NO2. The van der Waals surface area contributed by atoms with Crippen molar-refractivity contribution in [2.45, 2.75) is 40.0 Å². The molecule has 0 aliphatic heterocycles. The number of carbonyl (C=O) groups is 1. The summed E-state index contributed by atoms with van der Waals surface area (Å²) in [5, 5.41) is 0.330. The van der Waals surface area contributed by atoms with Gasteiger partial charge >= 0.3 is 6.18 Å². The van der Waals surface area contributed by atoms with Crippen LogP contribution in [0.15, 0.2) is 24.4 Å². The molecule has 0 saturated carbocycles. The van der Waals surface area contributed by atoms with Crippen LogP contribution in [0.25, 0.3) is 11.1 Å². The number of ether oxygens (including phenoxy) is 1. The van der Waals surface area contributed by atoms with E-state index < -0.39 is 11.9 Å². The quantitative estimate of drug-likeness (QED) is 0.645. The SMILES string of the molecule is CC(=O)c1cc(Cl)c(C)c(-c2ccc(C(F)(F)F)nc2)c1OC(C)C. The summed E-state index contributed by atoms with van der Waals surface area (Å²) in [5.74, 6) is 0.0460. The minimum Gasteiger partial charge on any atom is -0.490 e. The van der Waals surface area contributed by atoms with Gasteiger partial charge in [0.05, 0.1) is 11.7 Å². The molecule has 1 heterocycles. The van der Waals surface area contributed by atoms with E-state index in [1.54, 1.807) is 20.8 Å². The highest BCUT2D eigenvalue weighted by molar-refractivity contribution is 6.32. The van der Waals surface area contributed by atoms with Gasteiger partial charge in [0.2, 0.25) is 0 Å². The van der Waals surface area contributed by atoms with Crippen molar-refractivity contribution < 1.29 is 22.7 Å². The fourth-order valence-corrected chi connectivity index (χ4v) is 2.61. The maximum absolute atomic E-state index is 12.7. The number of aromatic nitrogens is 1. The molecule has 0 atom stereocenters. The molecule has 0 bridgehead atoms. The van der Waals surface area contributed by atoms with Gasteiger partial charge in [0.15, 0.2) is 5.78 Å². The van der Waals surface area contributed by atoms with Crippen molar-refractivity contribution in [2.24, 2.45) is 0 Å². The Morgan fingerprint density at radius 2 is 1.92 bits per heavy atom. The van der Waals surface area contributed by atoms with Crippen LogP contribution in [0.5, 0.6) is 5.75 Å². The lowest BCUT2D eigenvalue weighted by molar-refractivity contribution is -0.141. The number of Topliss-reactive ketones (excluding diaryl/α,β-unsaturated/α-hetero) is 1. The Kier molecular flexibility index (Phi) is 5.42. The van der Waals surface area contributed by atoms with Gasteiger partial charge in [0.25, 0.3) is 0 Å². The topological polar surface area (TPSA) is 39.2 Å². The molecule has 1 aromatic heterocycles. The predicted molar refractivity (Wildman–Crippen MR) is 90.2 cm³/mol. The molecule has 25 heavy (non-hydrogen) atoms. The van der Waals surface area contributed by atoms with E-state index in [4.69, 9.17) is 16.3 Å². The third-order valence-electron chi connectivity index (χ3n) is 3.55. The Morgan fingerprint density at radius 3 is 2.36 bits per heavy atom. The summed E-state index contributed by atoms with van der Waals surface area (Å²) in [4.78, 5) is 15.5. The zero-order valence-corrected chi connectivity index (χ0v) is 14.9. The predicted octanol–water partition coefficient (Wildman–Crippen LogP) is 5.72. The summed E-state index contributed by atoms with van der Waals surface area (Å²) < 4.78 is 44.0. The average molecular weight is 372 g/mol. The van der Waals surface area contributed by atoms with E-state index in [1.165, 1.54) is 19.1 Å². The molecule has 0 radical (unpaired) electrons. The summed E-state index contributed by atoms with van der Waals surface area (Å²) in [6, 6.07) is 3.70. The lowest BCUT2D eigenvalue weighted by atomic mass is 9.95. The maximum atomic E-state index is 12.7. The molecule has 0 N–H and O–H groups in total. The molecule has 3 nitrogen and oxygen atoms in total. The normalized spacial score (nSPS) is 11.7. The fraction of sp³-hybridized carbons (Fsp3) is 0.333. The molecular weight excluding hydrogens is 355 g/mol. The van der Waals surface area contributed by atoms with E-state index in [0.29, 0.717) is 27.5 Å². The van der Waals surface area contributed by atoms with Crippen molar-refractivity contribution in [1.82, 2.24) is 4.98 Å². The number of carbonyl (C=O) groups excluding carboxylic acids is 1. The van der Waals surface area contributed by atoms with Crippen LogP contribution in [0.2, 0.25) is 5.02 Å². The van der Waals surface area contributed by atoms with E-state index in [0.717, 1.165) is 12.3 Å². The van der Waals surface area contributed by atoms with Crippen LogP contribution in [0.3, 0.4) is 0 Å². The van der Waals surface area contributed by atoms with Gasteiger partial charge in [-0.25, -0.2) is 0 Å². The largest absolute Gasteiger partial charge is 0.490 e. The molecule has 2 rings (SSSR count). The zero-order valence-electron chi connectivity index (χ0n) is 14.2. The van der Waals surface area contributed by atoms with Crippen LogP contribution in [0, 0.1) is 6.92 Å². The monoisotopic (exact) mass is 371 g/mol. The first-order valence-electron chi connectivity index (χ1n) is 7.56. The number of halogens is 4. The number of hydrogen-bond acceptors (Lipinski definition) is 3. The summed E-state index contributed by atoms with van der Waals surface area (Å²) in [6.07, 6.45) is -3.65. The number of alkyl halides is 3. The van der Waals surface area contributed by atoms with Gasteiger partial charge in [-0.3, -0.25) is 9.78 Å². The van der Waals surface area contributed by atoms with Crippen molar-refractivity contribution in [3.8, 4) is 16.9 Å². The Morgan fingerprint density at radius 1 is 1.28 bits per heavy atom. The minimum atomic E-state index is -4.52. The summed E-state index contributed by atoms with van der Waals surface area (Å²) in [6.45, 7) is 6.68. The Labute approximate surface area is 148 Å². The second-order valence-corrected chi connectivity index (χ2v) is 6.29. The fourth-order valence-electron chi connectivity index (χ4n) is 2.40. The first-order chi connectivity index (χ1) is 11.5. The lowest BCUT2D eigenvalue weighted by Gasteiger charge is -2.20. The van der Waals surface area contributed by atoms with E-state index in [1.807, 2.05) is 0 Å². The number of ketones is 1. The van der Waals surface area contributed by atoms with E-state index in [9.17, 15) is 18.0 Å². The Bertz CT molecular complexity index is 799. The number of benzene rings is 1. The number of hydrogen-bond donors (Lipinski definition) is 0. The van der Waals surface area contributed by atoms with Gasteiger partial charge in [-0.15, -0.1) is 0 Å². The third-order valence-corrected chi connectivity index (χ3v) is 3.94. The molecule has 1 aromatic carbocycles. The average Bonchev–Trinajstić information content (AvgIpc) is 2.49. The lowest BCUT2D eigenvalue weighted by Crippen LogP contribution is -2.12. The maximum Gasteiger partial charge on any atom is 0.433 e. The number of nitrogens with zero attached hydrogens (tertiary/aromatic N) is 1. The van der Waals surface area contributed by atoms with Gasteiger partial charge in [-0.05, 0) is 45.4 Å². The van der Waals surface area contributed by atoms with Gasteiger partial charge < -0.3 is 4.74 Å². The number of rotatable bonds is 4. The zero-order chi connectivity index (χ0) is 18.9. The molecule has 0 amide bonds. The van der Waals surface area contributed by atoms with Crippen LogP contribution < -0.4 is 4.74 Å². The minimum absolute atomic E-state index is 0.236. The van der Waals surface area contributed by atoms with E-state index >= 15 is 0 Å². The second kappa shape index (κ2) is 7.04. The van der Waals surface area contributed by atoms with E-state index in [-0.39, 0.29) is 17.5 Å². The molecule has 0 spiro atoms. The summed E-state index contributed by atoms with van der Waals surface area (Å²) in [7, 11) is 0.